The molecule has 2 unspecified atom stereocenters. The minimum absolute atomic E-state index is 0.0982. The maximum absolute atomic E-state index is 9.76. The van der Waals surface area contributed by atoms with E-state index in [1.54, 1.807) is 0 Å². The van der Waals surface area contributed by atoms with E-state index in [-0.39, 0.29) is 11.5 Å². The predicted octanol–water partition coefficient (Wildman–Crippen LogP) is 1.68. The molecule has 3 N–H and O–H groups in total. The summed E-state index contributed by atoms with van der Waals surface area (Å²) in [5.41, 5.74) is 0.127. The average molecular weight is 241 g/mol. The van der Waals surface area contributed by atoms with Crippen molar-refractivity contribution in [1.82, 2.24) is 5.32 Å². The zero-order chi connectivity index (χ0) is 12.1. The molecule has 0 aliphatic heterocycles. The second-order valence-electron chi connectivity index (χ2n) is 6.11. The van der Waals surface area contributed by atoms with Gasteiger partial charge in [0.25, 0.3) is 0 Å². The number of aliphatic hydroxyl groups excluding tert-OH is 2. The van der Waals surface area contributed by atoms with Crippen LogP contribution < -0.4 is 5.32 Å². The minimum atomic E-state index is -0.0982. The van der Waals surface area contributed by atoms with Gasteiger partial charge in [0, 0.05) is 25.1 Å². The number of rotatable bonds is 5. The van der Waals surface area contributed by atoms with E-state index in [0.717, 1.165) is 38.8 Å². The fourth-order valence-corrected chi connectivity index (χ4v) is 3.47. The fraction of sp³-hybridized carbons (Fsp3) is 1.00. The molecule has 0 saturated heterocycles. The van der Waals surface area contributed by atoms with E-state index >= 15 is 0 Å². The normalized spacial score (nSPS) is 32.8. The summed E-state index contributed by atoms with van der Waals surface area (Å²) < 4.78 is 0. The molecule has 0 heterocycles. The van der Waals surface area contributed by atoms with Crippen LogP contribution >= 0.6 is 0 Å². The molecule has 0 bridgehead atoms. The van der Waals surface area contributed by atoms with Gasteiger partial charge >= 0.3 is 0 Å². The Balaban J connectivity index is 1.72. The van der Waals surface area contributed by atoms with Gasteiger partial charge in [0.1, 0.15) is 0 Å². The zero-order valence-electron chi connectivity index (χ0n) is 10.8. The van der Waals surface area contributed by atoms with Crippen molar-refractivity contribution in [2.75, 3.05) is 19.7 Å². The SMILES string of the molecule is OCC1(CNCC2CCCC2O)CCCCC1. The molecule has 2 aliphatic carbocycles. The third-order valence-electron chi connectivity index (χ3n) is 4.78. The first kappa shape index (κ1) is 13.3. The van der Waals surface area contributed by atoms with Gasteiger partial charge in [0.15, 0.2) is 0 Å². The summed E-state index contributed by atoms with van der Waals surface area (Å²) >= 11 is 0. The number of hydrogen-bond donors (Lipinski definition) is 3. The van der Waals surface area contributed by atoms with Crippen LogP contribution in [0.25, 0.3) is 0 Å². The lowest BCUT2D eigenvalue weighted by Gasteiger charge is -2.36. The van der Waals surface area contributed by atoms with E-state index in [1.165, 1.54) is 25.7 Å². The topological polar surface area (TPSA) is 52.5 Å². The molecule has 0 radical (unpaired) electrons. The molecule has 2 aliphatic rings. The Bertz CT molecular complexity index is 226. The number of hydrogen-bond acceptors (Lipinski definition) is 3. The molecular weight excluding hydrogens is 214 g/mol. The highest BCUT2D eigenvalue weighted by atomic mass is 16.3. The molecule has 0 aromatic carbocycles. The summed E-state index contributed by atoms with van der Waals surface area (Å²) in [6.45, 7) is 2.16. The fourth-order valence-electron chi connectivity index (χ4n) is 3.47. The first-order valence-corrected chi connectivity index (χ1v) is 7.25. The lowest BCUT2D eigenvalue weighted by Crippen LogP contribution is -2.41. The van der Waals surface area contributed by atoms with E-state index in [9.17, 15) is 10.2 Å². The minimum Gasteiger partial charge on any atom is -0.396 e. The van der Waals surface area contributed by atoms with Crippen molar-refractivity contribution < 1.29 is 10.2 Å². The highest BCUT2D eigenvalue weighted by Crippen LogP contribution is 2.35. The molecule has 0 amide bonds. The van der Waals surface area contributed by atoms with Gasteiger partial charge < -0.3 is 15.5 Å². The van der Waals surface area contributed by atoms with E-state index in [0.29, 0.717) is 12.5 Å². The van der Waals surface area contributed by atoms with Gasteiger partial charge in [-0.3, -0.25) is 0 Å². The van der Waals surface area contributed by atoms with Crippen LogP contribution in [-0.2, 0) is 0 Å². The van der Waals surface area contributed by atoms with Crippen molar-refractivity contribution in [3.05, 3.63) is 0 Å². The monoisotopic (exact) mass is 241 g/mol. The first-order valence-electron chi connectivity index (χ1n) is 7.25. The third-order valence-corrected chi connectivity index (χ3v) is 4.78. The largest absolute Gasteiger partial charge is 0.396 e. The molecule has 0 aromatic rings. The maximum Gasteiger partial charge on any atom is 0.0580 e. The van der Waals surface area contributed by atoms with Crippen molar-refractivity contribution in [3.8, 4) is 0 Å². The standard InChI is InChI=1S/C14H27NO2/c16-11-14(7-2-1-3-8-14)10-15-9-12-5-4-6-13(12)17/h12-13,15-17H,1-11H2. The Morgan fingerprint density at radius 2 is 1.82 bits per heavy atom. The van der Waals surface area contributed by atoms with Gasteiger partial charge in [-0.1, -0.05) is 25.7 Å². The molecule has 2 fully saturated rings. The lowest BCUT2D eigenvalue weighted by molar-refractivity contribution is 0.0759. The summed E-state index contributed by atoms with van der Waals surface area (Å²) in [6.07, 6.45) is 9.34. The van der Waals surface area contributed by atoms with Crippen LogP contribution in [-0.4, -0.2) is 36.0 Å². The summed E-state index contributed by atoms with van der Waals surface area (Å²) in [4.78, 5) is 0. The molecule has 0 spiro atoms. The number of nitrogens with one attached hydrogen (secondary N) is 1. The predicted molar refractivity (Wildman–Crippen MR) is 68.8 cm³/mol. The van der Waals surface area contributed by atoms with Crippen molar-refractivity contribution in [3.63, 3.8) is 0 Å². The summed E-state index contributed by atoms with van der Waals surface area (Å²) in [6, 6.07) is 0. The van der Waals surface area contributed by atoms with Gasteiger partial charge in [-0.2, -0.15) is 0 Å². The van der Waals surface area contributed by atoms with Crippen LogP contribution in [0.3, 0.4) is 0 Å². The Morgan fingerprint density at radius 1 is 1.06 bits per heavy atom. The van der Waals surface area contributed by atoms with Crippen LogP contribution in [0.4, 0.5) is 0 Å². The van der Waals surface area contributed by atoms with Gasteiger partial charge in [0.2, 0.25) is 0 Å². The van der Waals surface area contributed by atoms with Gasteiger partial charge in [-0.05, 0) is 31.6 Å². The van der Waals surface area contributed by atoms with Crippen molar-refractivity contribution >= 4 is 0 Å². The number of aliphatic hydroxyl groups is 2. The second kappa shape index (κ2) is 6.17. The van der Waals surface area contributed by atoms with Crippen LogP contribution in [0.2, 0.25) is 0 Å². The van der Waals surface area contributed by atoms with Crippen LogP contribution in [0, 0.1) is 11.3 Å². The smallest absolute Gasteiger partial charge is 0.0580 e. The van der Waals surface area contributed by atoms with Crippen LogP contribution in [0.5, 0.6) is 0 Å². The molecule has 2 rings (SSSR count). The highest BCUT2D eigenvalue weighted by molar-refractivity contribution is 4.86. The van der Waals surface area contributed by atoms with Gasteiger partial charge in [-0.15, -0.1) is 0 Å². The first-order chi connectivity index (χ1) is 8.26. The van der Waals surface area contributed by atoms with E-state index < -0.39 is 0 Å². The summed E-state index contributed by atoms with van der Waals surface area (Å²) in [5.74, 6) is 0.439. The van der Waals surface area contributed by atoms with Crippen molar-refractivity contribution in [1.29, 1.82) is 0 Å². The second-order valence-corrected chi connectivity index (χ2v) is 6.11. The average Bonchev–Trinajstić information content (AvgIpc) is 2.76. The molecule has 3 nitrogen and oxygen atoms in total. The van der Waals surface area contributed by atoms with Gasteiger partial charge in [-0.25, -0.2) is 0 Å². The summed E-state index contributed by atoms with van der Waals surface area (Å²) in [7, 11) is 0. The zero-order valence-corrected chi connectivity index (χ0v) is 10.8. The van der Waals surface area contributed by atoms with Crippen LogP contribution in [0.1, 0.15) is 51.4 Å². The quantitative estimate of drug-likeness (QED) is 0.686. The van der Waals surface area contributed by atoms with E-state index in [4.69, 9.17) is 0 Å². The van der Waals surface area contributed by atoms with E-state index in [1.807, 2.05) is 0 Å². The van der Waals surface area contributed by atoms with E-state index in [2.05, 4.69) is 5.32 Å². The van der Waals surface area contributed by atoms with Gasteiger partial charge in [0.05, 0.1) is 6.10 Å². The molecule has 100 valence electrons. The third kappa shape index (κ3) is 3.43. The Morgan fingerprint density at radius 3 is 2.41 bits per heavy atom. The molecule has 17 heavy (non-hydrogen) atoms. The molecule has 2 atom stereocenters. The Kier molecular flexibility index (Phi) is 4.83. The van der Waals surface area contributed by atoms with Crippen molar-refractivity contribution in [2.24, 2.45) is 11.3 Å². The Labute approximate surface area is 105 Å². The Hall–Kier alpha value is -0.120. The molecule has 0 aromatic heterocycles. The van der Waals surface area contributed by atoms with Crippen molar-refractivity contribution in [2.45, 2.75) is 57.5 Å². The maximum atomic E-state index is 9.76. The highest BCUT2D eigenvalue weighted by Gasteiger charge is 2.32. The lowest BCUT2D eigenvalue weighted by atomic mass is 9.74. The molecule has 2 saturated carbocycles. The van der Waals surface area contributed by atoms with Crippen LogP contribution in [0.15, 0.2) is 0 Å². The summed E-state index contributed by atoms with van der Waals surface area (Å²) in [5, 5.41) is 22.9. The molecular formula is C14H27NO2. The molecule has 3 heteroatoms.